The zero-order chi connectivity index (χ0) is 21.4. The Morgan fingerprint density at radius 1 is 1.31 bits per heavy atom. The summed E-state index contributed by atoms with van der Waals surface area (Å²) in [7, 11) is 1.63. The van der Waals surface area contributed by atoms with Gasteiger partial charge in [0.15, 0.2) is 6.61 Å². The Labute approximate surface area is 174 Å². The summed E-state index contributed by atoms with van der Waals surface area (Å²) >= 11 is 5.97. The number of nitriles is 1. The number of ether oxygens (including phenoxy) is 2. The molecule has 0 spiro atoms. The zero-order valence-electron chi connectivity index (χ0n) is 16.5. The van der Waals surface area contributed by atoms with Crippen LogP contribution in [-0.4, -0.2) is 36.8 Å². The Kier molecular flexibility index (Phi) is 8.01. The molecule has 0 saturated heterocycles. The van der Waals surface area contributed by atoms with Crippen LogP contribution in [0.2, 0.25) is 5.02 Å². The minimum Gasteiger partial charge on any atom is -0.451 e. The van der Waals surface area contributed by atoms with E-state index in [1.807, 2.05) is 30.6 Å². The highest BCUT2D eigenvalue weighted by atomic mass is 35.5. The summed E-state index contributed by atoms with van der Waals surface area (Å²) in [6.07, 6.45) is 1.46. The molecule has 0 radical (unpaired) electrons. The average Bonchev–Trinajstić information content (AvgIpc) is 2.97. The van der Waals surface area contributed by atoms with Gasteiger partial charge in [0.1, 0.15) is 11.6 Å². The van der Waals surface area contributed by atoms with Crippen molar-refractivity contribution in [1.82, 2.24) is 4.57 Å². The van der Waals surface area contributed by atoms with Crippen LogP contribution in [0.5, 0.6) is 0 Å². The largest absolute Gasteiger partial charge is 0.451 e. The second kappa shape index (κ2) is 10.5. The third-order valence-corrected chi connectivity index (χ3v) is 4.58. The van der Waals surface area contributed by atoms with Gasteiger partial charge >= 0.3 is 5.97 Å². The lowest BCUT2D eigenvalue weighted by Gasteiger charge is -2.08. The van der Waals surface area contributed by atoms with Gasteiger partial charge in [-0.1, -0.05) is 23.7 Å². The Hall–Kier alpha value is -3.08. The van der Waals surface area contributed by atoms with Crippen LogP contribution in [-0.2, 0) is 25.6 Å². The number of amides is 1. The van der Waals surface area contributed by atoms with Gasteiger partial charge in [-0.05, 0) is 43.7 Å². The molecule has 1 N–H and O–H groups in total. The molecule has 0 fully saturated rings. The normalized spacial score (nSPS) is 11.1. The van der Waals surface area contributed by atoms with Crippen molar-refractivity contribution in [2.24, 2.45) is 0 Å². The Bertz CT molecular complexity index is 973. The van der Waals surface area contributed by atoms with Crippen molar-refractivity contribution in [2.45, 2.75) is 20.4 Å². The van der Waals surface area contributed by atoms with E-state index in [4.69, 9.17) is 21.1 Å². The summed E-state index contributed by atoms with van der Waals surface area (Å²) < 4.78 is 12.1. The number of methoxy groups -OCH3 is 1. The smallest absolute Gasteiger partial charge is 0.349 e. The molecule has 7 nitrogen and oxygen atoms in total. The van der Waals surface area contributed by atoms with Crippen molar-refractivity contribution < 1.29 is 19.1 Å². The fourth-order valence-electron chi connectivity index (χ4n) is 2.75. The van der Waals surface area contributed by atoms with Gasteiger partial charge in [0.25, 0.3) is 5.91 Å². The van der Waals surface area contributed by atoms with Crippen LogP contribution in [0.25, 0.3) is 6.08 Å². The summed E-state index contributed by atoms with van der Waals surface area (Å²) in [6.45, 7) is 4.51. The van der Waals surface area contributed by atoms with Crippen molar-refractivity contribution in [3.05, 3.63) is 57.9 Å². The summed E-state index contributed by atoms with van der Waals surface area (Å²) in [5.41, 5.74) is 2.83. The number of carbonyl (C=O) groups excluding carboxylic acids is 2. The van der Waals surface area contributed by atoms with Gasteiger partial charge in [-0.2, -0.15) is 5.26 Å². The van der Waals surface area contributed by atoms with E-state index in [9.17, 15) is 14.9 Å². The third kappa shape index (κ3) is 5.95. The molecule has 0 aliphatic heterocycles. The Morgan fingerprint density at radius 3 is 2.69 bits per heavy atom. The van der Waals surface area contributed by atoms with E-state index in [1.54, 1.807) is 31.4 Å². The number of halogens is 1. The maximum absolute atomic E-state index is 12.2. The summed E-state index contributed by atoms with van der Waals surface area (Å²) in [5, 5.41) is 12.3. The quantitative estimate of drug-likeness (QED) is 0.404. The number of nitrogens with one attached hydrogen (secondary N) is 1. The van der Waals surface area contributed by atoms with Crippen LogP contribution in [0.1, 0.15) is 17.0 Å². The van der Waals surface area contributed by atoms with Crippen molar-refractivity contribution in [3.8, 4) is 6.07 Å². The molecule has 2 aromatic rings. The number of para-hydroxylation sites is 1. The van der Waals surface area contributed by atoms with E-state index >= 15 is 0 Å². The predicted octanol–water partition coefficient (Wildman–Crippen LogP) is 3.49. The van der Waals surface area contributed by atoms with Crippen molar-refractivity contribution in [1.29, 1.82) is 5.26 Å². The fourth-order valence-corrected chi connectivity index (χ4v) is 2.93. The van der Waals surface area contributed by atoms with Crippen molar-refractivity contribution in [2.75, 3.05) is 25.6 Å². The van der Waals surface area contributed by atoms with Crippen LogP contribution >= 0.6 is 11.6 Å². The molecule has 0 unspecified atom stereocenters. The number of nitrogens with zero attached hydrogens (tertiary/aromatic N) is 2. The summed E-state index contributed by atoms with van der Waals surface area (Å²) in [6, 6.07) is 10.4. The molecule has 8 heteroatoms. The van der Waals surface area contributed by atoms with Gasteiger partial charge in [-0.25, -0.2) is 4.79 Å². The number of benzene rings is 1. The third-order valence-electron chi connectivity index (χ3n) is 4.25. The van der Waals surface area contributed by atoms with Crippen molar-refractivity contribution in [3.63, 3.8) is 0 Å². The molecule has 0 bridgehead atoms. The van der Waals surface area contributed by atoms with E-state index in [-0.39, 0.29) is 5.57 Å². The molecule has 0 atom stereocenters. The first-order valence-corrected chi connectivity index (χ1v) is 9.24. The highest BCUT2D eigenvalue weighted by Gasteiger charge is 2.16. The number of hydrogen-bond donors (Lipinski definition) is 1. The summed E-state index contributed by atoms with van der Waals surface area (Å²) in [4.78, 5) is 24.2. The monoisotopic (exact) mass is 415 g/mol. The topological polar surface area (TPSA) is 93.3 Å². The highest BCUT2D eigenvalue weighted by molar-refractivity contribution is 6.33. The van der Waals surface area contributed by atoms with Gasteiger partial charge < -0.3 is 19.4 Å². The van der Waals surface area contributed by atoms with E-state index in [0.29, 0.717) is 23.9 Å². The predicted molar refractivity (Wildman–Crippen MR) is 110 cm³/mol. The van der Waals surface area contributed by atoms with Crippen LogP contribution in [0.4, 0.5) is 5.69 Å². The number of aryl methyl sites for hydroxylation is 1. The van der Waals surface area contributed by atoms with E-state index < -0.39 is 18.5 Å². The first-order valence-electron chi connectivity index (χ1n) is 8.86. The molecule has 1 heterocycles. The standard InChI is InChI=1S/C21H22ClN3O4/c1-14-10-16(15(2)25(14)8-9-28-3)11-17(12-23)21(27)29-13-20(26)24-19-7-5-4-6-18(19)22/h4-7,10-11H,8-9,13H2,1-3H3,(H,24,26)/b17-11+. The van der Waals surface area contributed by atoms with E-state index in [1.165, 1.54) is 6.08 Å². The lowest BCUT2D eigenvalue weighted by Crippen LogP contribution is -2.21. The van der Waals surface area contributed by atoms with Crippen LogP contribution in [0.15, 0.2) is 35.9 Å². The maximum Gasteiger partial charge on any atom is 0.349 e. The molecule has 1 aromatic heterocycles. The van der Waals surface area contributed by atoms with E-state index in [0.717, 1.165) is 17.0 Å². The Balaban J connectivity index is 2.04. The second-order valence-corrected chi connectivity index (χ2v) is 6.65. The Morgan fingerprint density at radius 2 is 2.03 bits per heavy atom. The van der Waals surface area contributed by atoms with Gasteiger partial charge in [-0.15, -0.1) is 0 Å². The molecule has 0 saturated carbocycles. The second-order valence-electron chi connectivity index (χ2n) is 6.24. The van der Waals surface area contributed by atoms with Gasteiger partial charge in [0.2, 0.25) is 0 Å². The lowest BCUT2D eigenvalue weighted by molar-refractivity contribution is -0.142. The first-order chi connectivity index (χ1) is 13.9. The lowest BCUT2D eigenvalue weighted by atomic mass is 10.1. The average molecular weight is 416 g/mol. The maximum atomic E-state index is 12.2. The van der Waals surface area contributed by atoms with Crippen molar-refractivity contribution >= 4 is 35.2 Å². The molecule has 0 aliphatic carbocycles. The minimum atomic E-state index is -0.872. The number of rotatable bonds is 8. The molecule has 0 aliphatic rings. The minimum absolute atomic E-state index is 0.192. The molecule has 1 aromatic carbocycles. The van der Waals surface area contributed by atoms with Gasteiger partial charge in [0.05, 0.1) is 17.3 Å². The van der Waals surface area contributed by atoms with Crippen LogP contribution in [0, 0.1) is 25.2 Å². The molecule has 1 amide bonds. The summed E-state index contributed by atoms with van der Waals surface area (Å²) in [5.74, 6) is -1.43. The molecular formula is C21H22ClN3O4. The number of aromatic nitrogens is 1. The van der Waals surface area contributed by atoms with Crippen LogP contribution < -0.4 is 5.32 Å². The van der Waals surface area contributed by atoms with Gasteiger partial charge in [0, 0.05) is 25.0 Å². The molecule has 2 rings (SSSR count). The number of carbonyl (C=O) groups is 2. The molecule has 29 heavy (non-hydrogen) atoms. The number of esters is 1. The number of anilines is 1. The SMILES string of the molecule is COCCn1c(C)cc(/C=C(\C#N)C(=O)OCC(=O)Nc2ccccc2Cl)c1C. The zero-order valence-corrected chi connectivity index (χ0v) is 17.2. The first kappa shape index (κ1) is 22.2. The number of hydrogen-bond acceptors (Lipinski definition) is 5. The van der Waals surface area contributed by atoms with Crippen LogP contribution in [0.3, 0.4) is 0 Å². The highest BCUT2D eigenvalue weighted by Crippen LogP contribution is 2.21. The fraction of sp³-hybridized carbons (Fsp3) is 0.286. The van der Waals surface area contributed by atoms with E-state index in [2.05, 4.69) is 5.32 Å². The van der Waals surface area contributed by atoms with Gasteiger partial charge in [-0.3, -0.25) is 4.79 Å². The molecule has 152 valence electrons. The molecular weight excluding hydrogens is 394 g/mol.